The molecule has 104 valence electrons. The molecular weight excluding hydrogens is 248 g/mol. The number of methoxy groups -OCH3 is 1. The van der Waals surface area contributed by atoms with Gasteiger partial charge in [-0.05, 0) is 6.07 Å². The summed E-state index contributed by atoms with van der Waals surface area (Å²) >= 11 is 0. The molecule has 3 N–H and O–H groups in total. The fraction of sp³-hybridized carbons (Fsp3) is 0.385. The Bertz CT molecular complexity index is 448. The number of benzene rings is 1. The Balaban J connectivity index is 2.50. The van der Waals surface area contributed by atoms with E-state index in [1.165, 1.54) is 14.0 Å². The molecular formula is C13H18N2O4. The van der Waals surface area contributed by atoms with Crippen molar-refractivity contribution in [3.63, 3.8) is 0 Å². The third-order valence-corrected chi connectivity index (χ3v) is 2.52. The van der Waals surface area contributed by atoms with Crippen LogP contribution < -0.4 is 10.6 Å². The Morgan fingerprint density at radius 1 is 1.37 bits per heavy atom. The third kappa shape index (κ3) is 4.97. The maximum absolute atomic E-state index is 11.4. The van der Waals surface area contributed by atoms with Crippen molar-refractivity contribution in [3.05, 3.63) is 29.8 Å². The predicted molar refractivity (Wildman–Crippen MR) is 69.4 cm³/mol. The Labute approximate surface area is 111 Å². The lowest BCUT2D eigenvalue weighted by Gasteiger charge is -2.16. The molecule has 0 aliphatic rings. The van der Waals surface area contributed by atoms with Crippen molar-refractivity contribution in [2.45, 2.75) is 19.5 Å². The number of phenolic OH excluding ortho intramolecular Hbond substituents is 1. The van der Waals surface area contributed by atoms with Crippen LogP contribution in [-0.2, 0) is 20.9 Å². The van der Waals surface area contributed by atoms with Crippen molar-refractivity contribution in [2.75, 3.05) is 13.7 Å². The first-order valence-electron chi connectivity index (χ1n) is 5.87. The molecule has 1 rings (SSSR count). The second-order valence-corrected chi connectivity index (χ2v) is 4.04. The largest absolute Gasteiger partial charge is 0.508 e. The van der Waals surface area contributed by atoms with E-state index < -0.39 is 12.0 Å². The van der Waals surface area contributed by atoms with Crippen LogP contribution in [0.2, 0.25) is 0 Å². The summed E-state index contributed by atoms with van der Waals surface area (Å²) in [6, 6.07) is 6.15. The highest BCUT2D eigenvalue weighted by molar-refractivity contribution is 5.83. The number of aromatic hydroxyl groups is 1. The third-order valence-electron chi connectivity index (χ3n) is 2.52. The van der Waals surface area contributed by atoms with Gasteiger partial charge in [-0.2, -0.15) is 0 Å². The lowest BCUT2D eigenvalue weighted by molar-refractivity contribution is -0.144. The van der Waals surface area contributed by atoms with E-state index in [1.807, 2.05) is 6.07 Å². The number of nitrogens with one attached hydrogen (secondary N) is 2. The van der Waals surface area contributed by atoms with Crippen molar-refractivity contribution in [3.8, 4) is 5.75 Å². The molecule has 1 aromatic carbocycles. The van der Waals surface area contributed by atoms with Crippen LogP contribution >= 0.6 is 0 Å². The first-order valence-corrected chi connectivity index (χ1v) is 5.87. The van der Waals surface area contributed by atoms with Crippen molar-refractivity contribution in [1.29, 1.82) is 0 Å². The minimum absolute atomic E-state index is 0.184. The van der Waals surface area contributed by atoms with Gasteiger partial charge >= 0.3 is 5.97 Å². The van der Waals surface area contributed by atoms with Crippen LogP contribution in [0.5, 0.6) is 5.75 Å². The molecule has 0 radical (unpaired) electrons. The second kappa shape index (κ2) is 7.38. The number of esters is 1. The number of hydrogen-bond donors (Lipinski definition) is 3. The zero-order valence-corrected chi connectivity index (χ0v) is 11.0. The molecule has 0 aliphatic carbocycles. The van der Waals surface area contributed by atoms with E-state index in [-0.39, 0.29) is 18.2 Å². The van der Waals surface area contributed by atoms with Crippen molar-refractivity contribution < 1.29 is 19.4 Å². The predicted octanol–water partition coefficient (Wildman–Crippen LogP) is 0.159. The summed E-state index contributed by atoms with van der Waals surface area (Å²) in [6.45, 7) is 1.94. The normalized spacial score (nSPS) is 11.7. The molecule has 0 fully saturated rings. The van der Waals surface area contributed by atoms with Gasteiger partial charge in [0.1, 0.15) is 11.8 Å². The number of rotatable bonds is 6. The van der Waals surface area contributed by atoms with Gasteiger partial charge in [-0.25, -0.2) is 4.79 Å². The summed E-state index contributed by atoms with van der Waals surface area (Å²) in [5.41, 5.74) is 0.717. The average Bonchev–Trinajstić information content (AvgIpc) is 2.38. The Kier molecular flexibility index (Phi) is 5.81. The number of para-hydroxylation sites is 1. The highest BCUT2D eigenvalue weighted by atomic mass is 16.5. The Morgan fingerprint density at radius 2 is 2.05 bits per heavy atom. The van der Waals surface area contributed by atoms with Gasteiger partial charge < -0.3 is 20.5 Å². The number of amides is 1. The van der Waals surface area contributed by atoms with E-state index in [0.717, 1.165) is 0 Å². The fourth-order valence-corrected chi connectivity index (χ4v) is 1.59. The van der Waals surface area contributed by atoms with Gasteiger partial charge in [0.25, 0.3) is 0 Å². The topological polar surface area (TPSA) is 87.7 Å². The molecule has 19 heavy (non-hydrogen) atoms. The molecule has 0 saturated heterocycles. The molecule has 0 saturated carbocycles. The quantitative estimate of drug-likeness (QED) is 0.638. The summed E-state index contributed by atoms with van der Waals surface area (Å²) in [5.74, 6) is -0.635. The van der Waals surface area contributed by atoms with E-state index in [9.17, 15) is 14.7 Å². The molecule has 0 heterocycles. The molecule has 1 amide bonds. The lowest BCUT2D eigenvalue weighted by Crippen LogP contribution is -2.46. The number of phenols is 1. The Morgan fingerprint density at radius 3 is 2.63 bits per heavy atom. The number of hydrogen-bond acceptors (Lipinski definition) is 5. The standard InChI is InChI=1S/C13H18N2O4/c1-9(16)15-11(13(18)19-2)8-14-7-10-5-3-4-6-12(10)17/h3-6,11,14,17H,7-8H2,1-2H3,(H,15,16). The maximum atomic E-state index is 11.4. The van der Waals surface area contributed by atoms with E-state index in [0.29, 0.717) is 12.1 Å². The van der Waals surface area contributed by atoms with Gasteiger partial charge in [0.05, 0.1) is 7.11 Å². The molecule has 0 bridgehead atoms. The number of carbonyl (C=O) groups is 2. The first kappa shape index (κ1) is 15.0. The highest BCUT2D eigenvalue weighted by Crippen LogP contribution is 2.14. The van der Waals surface area contributed by atoms with Crippen LogP contribution in [0.15, 0.2) is 24.3 Å². The van der Waals surface area contributed by atoms with Crippen LogP contribution in [0.4, 0.5) is 0 Å². The van der Waals surface area contributed by atoms with E-state index in [1.54, 1.807) is 18.2 Å². The van der Waals surface area contributed by atoms with Crippen molar-refractivity contribution in [1.82, 2.24) is 10.6 Å². The maximum Gasteiger partial charge on any atom is 0.329 e. The van der Waals surface area contributed by atoms with E-state index in [2.05, 4.69) is 15.4 Å². The molecule has 1 atom stereocenters. The summed E-state index contributed by atoms with van der Waals surface area (Å²) < 4.78 is 4.60. The van der Waals surface area contributed by atoms with Crippen LogP contribution in [0, 0.1) is 0 Å². The molecule has 0 aliphatic heterocycles. The van der Waals surface area contributed by atoms with Crippen LogP contribution in [0.1, 0.15) is 12.5 Å². The zero-order chi connectivity index (χ0) is 14.3. The minimum Gasteiger partial charge on any atom is -0.508 e. The summed E-state index contributed by atoms with van der Waals surface area (Å²) in [5, 5.41) is 15.1. The van der Waals surface area contributed by atoms with Gasteiger partial charge in [0, 0.05) is 25.6 Å². The van der Waals surface area contributed by atoms with Crippen LogP contribution in [0.3, 0.4) is 0 Å². The van der Waals surface area contributed by atoms with E-state index >= 15 is 0 Å². The van der Waals surface area contributed by atoms with Gasteiger partial charge in [-0.1, -0.05) is 18.2 Å². The molecule has 6 heteroatoms. The highest BCUT2D eigenvalue weighted by Gasteiger charge is 2.19. The molecule has 1 aromatic rings. The Hall–Kier alpha value is -2.08. The molecule has 0 spiro atoms. The second-order valence-electron chi connectivity index (χ2n) is 4.04. The summed E-state index contributed by atoms with van der Waals surface area (Å²) in [6.07, 6.45) is 0. The smallest absolute Gasteiger partial charge is 0.329 e. The zero-order valence-electron chi connectivity index (χ0n) is 11.0. The monoisotopic (exact) mass is 266 g/mol. The van der Waals surface area contributed by atoms with Gasteiger partial charge in [0.15, 0.2) is 0 Å². The summed E-state index contributed by atoms with van der Waals surface area (Å²) in [7, 11) is 1.26. The van der Waals surface area contributed by atoms with Gasteiger partial charge in [-0.15, -0.1) is 0 Å². The molecule has 0 aromatic heterocycles. The lowest BCUT2D eigenvalue weighted by atomic mass is 10.2. The molecule has 6 nitrogen and oxygen atoms in total. The van der Waals surface area contributed by atoms with E-state index in [4.69, 9.17) is 0 Å². The van der Waals surface area contributed by atoms with Crippen molar-refractivity contribution >= 4 is 11.9 Å². The minimum atomic E-state index is -0.742. The van der Waals surface area contributed by atoms with Crippen LogP contribution in [-0.4, -0.2) is 36.7 Å². The first-order chi connectivity index (χ1) is 9.04. The summed E-state index contributed by atoms with van der Waals surface area (Å²) in [4.78, 5) is 22.4. The van der Waals surface area contributed by atoms with Crippen LogP contribution in [0.25, 0.3) is 0 Å². The number of ether oxygens (including phenoxy) is 1. The van der Waals surface area contributed by atoms with Gasteiger partial charge in [0.2, 0.25) is 5.91 Å². The molecule has 1 unspecified atom stereocenters. The fourth-order valence-electron chi connectivity index (χ4n) is 1.59. The van der Waals surface area contributed by atoms with Crippen molar-refractivity contribution in [2.24, 2.45) is 0 Å². The van der Waals surface area contributed by atoms with Gasteiger partial charge in [-0.3, -0.25) is 4.79 Å². The SMILES string of the molecule is COC(=O)C(CNCc1ccccc1O)NC(C)=O. The number of carbonyl (C=O) groups excluding carboxylic acids is 2. The average molecular weight is 266 g/mol.